The van der Waals surface area contributed by atoms with E-state index in [1.807, 2.05) is 30.3 Å². The maximum Gasteiger partial charge on any atom is 0.139 e. The number of aromatic nitrogens is 2. The summed E-state index contributed by atoms with van der Waals surface area (Å²) in [4.78, 5) is 0. The van der Waals surface area contributed by atoms with Gasteiger partial charge in [0, 0.05) is 6.42 Å². The third-order valence-electron chi connectivity index (χ3n) is 3.27. The van der Waals surface area contributed by atoms with Crippen molar-refractivity contribution < 1.29 is 0 Å². The first kappa shape index (κ1) is 14.2. The Morgan fingerprint density at radius 2 is 1.71 bits per heavy atom. The van der Waals surface area contributed by atoms with Gasteiger partial charge in [-0.25, -0.2) is 0 Å². The monoisotopic (exact) mass is 314 g/mol. The summed E-state index contributed by atoms with van der Waals surface area (Å²) >= 11 is 8.06. The van der Waals surface area contributed by atoms with Crippen molar-refractivity contribution in [3.05, 3.63) is 81.3 Å². The van der Waals surface area contributed by atoms with Gasteiger partial charge in [0.25, 0.3) is 0 Å². The van der Waals surface area contributed by atoms with Crippen molar-refractivity contribution in [3.8, 4) is 0 Å². The maximum absolute atomic E-state index is 6.48. The number of hydrogen-bond acceptors (Lipinski definition) is 3. The number of nitrogens with zero attached hydrogens (tertiary/aromatic N) is 2. The van der Waals surface area contributed by atoms with Crippen molar-refractivity contribution in [2.24, 2.45) is 0 Å². The molecule has 0 N–H and O–H groups in total. The first-order chi connectivity index (χ1) is 10.2. The minimum absolute atomic E-state index is 0.226. The molecule has 0 aliphatic carbocycles. The van der Waals surface area contributed by atoms with Crippen LogP contribution in [0.5, 0.6) is 0 Å². The van der Waals surface area contributed by atoms with Crippen molar-refractivity contribution in [1.29, 1.82) is 0 Å². The van der Waals surface area contributed by atoms with Gasteiger partial charge in [-0.15, -0.1) is 21.8 Å². The Bertz CT molecular complexity index is 707. The number of alkyl halides is 1. The average Bonchev–Trinajstić information content (AvgIpc) is 2.98. The predicted octanol–water partition coefficient (Wildman–Crippen LogP) is 4.77. The Hall–Kier alpha value is -1.71. The van der Waals surface area contributed by atoms with Crippen LogP contribution in [0.15, 0.2) is 54.6 Å². The quantitative estimate of drug-likeness (QED) is 0.648. The summed E-state index contributed by atoms with van der Waals surface area (Å²) in [5.41, 5.74) is 3.56. The van der Waals surface area contributed by atoms with Crippen molar-refractivity contribution in [1.82, 2.24) is 10.2 Å². The SMILES string of the molecule is Cc1ccc(Cc2nnc(C(Cl)c3ccccc3)s2)cc1. The van der Waals surface area contributed by atoms with Gasteiger partial charge in [-0.1, -0.05) is 71.5 Å². The molecule has 21 heavy (non-hydrogen) atoms. The molecule has 0 aliphatic rings. The summed E-state index contributed by atoms with van der Waals surface area (Å²) in [5.74, 6) is 0. The number of benzene rings is 2. The molecule has 3 rings (SSSR count). The molecule has 0 bridgehead atoms. The van der Waals surface area contributed by atoms with Crippen molar-refractivity contribution >= 4 is 22.9 Å². The van der Waals surface area contributed by atoms with Gasteiger partial charge >= 0.3 is 0 Å². The molecule has 1 unspecified atom stereocenters. The Morgan fingerprint density at radius 3 is 2.43 bits per heavy atom. The van der Waals surface area contributed by atoms with Gasteiger partial charge in [-0.05, 0) is 18.1 Å². The normalized spacial score (nSPS) is 12.3. The third-order valence-corrected chi connectivity index (χ3v) is 4.84. The molecule has 0 aliphatic heterocycles. The van der Waals surface area contributed by atoms with Crippen LogP contribution in [0.25, 0.3) is 0 Å². The summed E-state index contributed by atoms with van der Waals surface area (Å²) in [7, 11) is 0. The molecule has 106 valence electrons. The maximum atomic E-state index is 6.48. The zero-order chi connectivity index (χ0) is 14.7. The smallest absolute Gasteiger partial charge is 0.139 e. The first-order valence-corrected chi connectivity index (χ1v) is 8.04. The van der Waals surface area contributed by atoms with Crippen LogP contribution in [-0.2, 0) is 6.42 Å². The molecule has 4 heteroatoms. The fraction of sp³-hybridized carbons (Fsp3) is 0.176. The standard InChI is InChI=1S/C17H15ClN2S/c1-12-7-9-13(10-8-12)11-15-19-20-17(21-15)16(18)14-5-3-2-4-6-14/h2-10,16H,11H2,1H3. The van der Waals surface area contributed by atoms with E-state index in [1.54, 1.807) is 11.3 Å². The molecule has 0 spiro atoms. The lowest BCUT2D eigenvalue weighted by Gasteiger charge is -2.04. The Labute approximate surface area is 133 Å². The van der Waals surface area contributed by atoms with Crippen LogP contribution in [-0.4, -0.2) is 10.2 Å². The van der Waals surface area contributed by atoms with Gasteiger partial charge < -0.3 is 0 Å². The van der Waals surface area contributed by atoms with Gasteiger partial charge in [0.05, 0.1) is 0 Å². The molecule has 1 aromatic heterocycles. The zero-order valence-corrected chi connectivity index (χ0v) is 13.2. The van der Waals surface area contributed by atoms with Gasteiger partial charge in [-0.2, -0.15) is 0 Å². The van der Waals surface area contributed by atoms with Gasteiger partial charge in [-0.3, -0.25) is 0 Å². The summed E-state index contributed by atoms with van der Waals surface area (Å²) in [6.45, 7) is 2.09. The van der Waals surface area contributed by atoms with Crippen LogP contribution in [0.4, 0.5) is 0 Å². The Morgan fingerprint density at radius 1 is 1.00 bits per heavy atom. The number of halogens is 1. The Balaban J connectivity index is 1.75. The molecule has 1 atom stereocenters. The Kier molecular flexibility index (Phi) is 4.32. The predicted molar refractivity (Wildman–Crippen MR) is 88.0 cm³/mol. The molecular weight excluding hydrogens is 300 g/mol. The fourth-order valence-electron chi connectivity index (χ4n) is 2.09. The zero-order valence-electron chi connectivity index (χ0n) is 11.7. The van der Waals surface area contributed by atoms with Crippen molar-refractivity contribution in [2.75, 3.05) is 0 Å². The lowest BCUT2D eigenvalue weighted by molar-refractivity contribution is 0.947. The van der Waals surface area contributed by atoms with Gasteiger partial charge in [0.1, 0.15) is 15.4 Å². The van der Waals surface area contributed by atoms with Gasteiger partial charge in [0.2, 0.25) is 0 Å². The molecule has 2 nitrogen and oxygen atoms in total. The highest BCUT2D eigenvalue weighted by Crippen LogP contribution is 2.31. The van der Waals surface area contributed by atoms with E-state index in [-0.39, 0.29) is 5.38 Å². The molecule has 0 saturated carbocycles. The second kappa shape index (κ2) is 6.37. The summed E-state index contributed by atoms with van der Waals surface area (Å²) in [6, 6.07) is 18.5. The highest BCUT2D eigenvalue weighted by atomic mass is 35.5. The summed E-state index contributed by atoms with van der Waals surface area (Å²) in [6.07, 6.45) is 0.802. The molecular formula is C17H15ClN2S. The van der Waals surface area contributed by atoms with Crippen LogP contribution in [0.1, 0.15) is 32.1 Å². The second-order valence-corrected chi connectivity index (χ2v) is 6.50. The van der Waals surface area contributed by atoms with Crippen LogP contribution in [0.3, 0.4) is 0 Å². The summed E-state index contributed by atoms with van der Waals surface area (Å²) < 4.78 is 0. The van der Waals surface area contributed by atoms with Crippen molar-refractivity contribution in [2.45, 2.75) is 18.7 Å². The van der Waals surface area contributed by atoms with E-state index in [2.05, 4.69) is 41.4 Å². The number of rotatable bonds is 4. The largest absolute Gasteiger partial charge is 0.143 e. The van der Waals surface area contributed by atoms with E-state index in [9.17, 15) is 0 Å². The molecule has 0 fully saturated rings. The second-order valence-electron chi connectivity index (χ2n) is 4.97. The number of aryl methyl sites for hydroxylation is 1. The fourth-order valence-corrected chi connectivity index (χ4v) is 3.29. The van der Waals surface area contributed by atoms with E-state index < -0.39 is 0 Å². The summed E-state index contributed by atoms with van der Waals surface area (Å²) in [5, 5.41) is 10.1. The lowest BCUT2D eigenvalue weighted by atomic mass is 10.1. The molecule has 0 amide bonds. The first-order valence-electron chi connectivity index (χ1n) is 6.79. The van der Waals surface area contributed by atoms with E-state index in [4.69, 9.17) is 11.6 Å². The van der Waals surface area contributed by atoms with E-state index in [1.165, 1.54) is 11.1 Å². The molecule has 1 heterocycles. The third kappa shape index (κ3) is 3.49. The van der Waals surface area contributed by atoms with E-state index in [0.29, 0.717) is 0 Å². The number of hydrogen-bond donors (Lipinski definition) is 0. The minimum atomic E-state index is -0.226. The molecule has 2 aromatic carbocycles. The van der Waals surface area contributed by atoms with Crippen LogP contribution in [0.2, 0.25) is 0 Å². The molecule has 3 aromatic rings. The topological polar surface area (TPSA) is 25.8 Å². The average molecular weight is 315 g/mol. The van der Waals surface area contributed by atoms with Crippen LogP contribution < -0.4 is 0 Å². The van der Waals surface area contributed by atoms with Crippen molar-refractivity contribution in [3.63, 3.8) is 0 Å². The van der Waals surface area contributed by atoms with E-state index >= 15 is 0 Å². The molecule has 0 saturated heterocycles. The highest BCUT2D eigenvalue weighted by Gasteiger charge is 2.16. The van der Waals surface area contributed by atoms with Crippen LogP contribution in [0, 0.1) is 6.92 Å². The van der Waals surface area contributed by atoms with Gasteiger partial charge in [0.15, 0.2) is 0 Å². The van der Waals surface area contributed by atoms with Crippen LogP contribution >= 0.6 is 22.9 Å². The highest BCUT2D eigenvalue weighted by molar-refractivity contribution is 7.11. The molecule has 0 radical (unpaired) electrons. The minimum Gasteiger partial charge on any atom is -0.143 e. The lowest BCUT2D eigenvalue weighted by Crippen LogP contribution is -1.91. The van der Waals surface area contributed by atoms with E-state index in [0.717, 1.165) is 22.0 Å².